The van der Waals surface area contributed by atoms with Crippen LogP contribution < -0.4 is 10.7 Å². The van der Waals surface area contributed by atoms with Crippen LogP contribution in [0.5, 0.6) is 0 Å². The summed E-state index contributed by atoms with van der Waals surface area (Å²) >= 11 is 0. The predicted octanol–water partition coefficient (Wildman–Crippen LogP) is 1.48. The third-order valence-corrected chi connectivity index (χ3v) is 6.60. The van der Waals surface area contributed by atoms with E-state index in [2.05, 4.69) is 5.32 Å². The first-order valence-corrected chi connectivity index (χ1v) is 10.5. The van der Waals surface area contributed by atoms with Crippen molar-refractivity contribution < 1.29 is 17.6 Å². The van der Waals surface area contributed by atoms with Gasteiger partial charge in [-0.3, -0.25) is 9.59 Å². The number of nitrogens with zero attached hydrogens (tertiary/aromatic N) is 1. The monoisotopic (exact) mass is 376 g/mol. The number of hydrogen-bond donors (Lipinski definition) is 1. The van der Waals surface area contributed by atoms with E-state index in [9.17, 15) is 18.0 Å². The van der Waals surface area contributed by atoms with Crippen molar-refractivity contribution in [2.45, 2.75) is 43.8 Å². The molecule has 2 saturated heterocycles. The lowest BCUT2D eigenvalue weighted by Gasteiger charge is -2.37. The maximum absolute atomic E-state index is 12.5. The summed E-state index contributed by atoms with van der Waals surface area (Å²) in [5.74, 6) is -0.461. The van der Waals surface area contributed by atoms with Crippen LogP contribution in [0.25, 0.3) is 11.0 Å². The lowest BCUT2D eigenvalue weighted by atomic mass is 9.99. The molecular formula is C18H20N2O5S. The molecule has 0 saturated carbocycles. The highest BCUT2D eigenvalue weighted by atomic mass is 32.2. The number of nitrogens with one attached hydrogen (secondary N) is 1. The molecule has 0 radical (unpaired) electrons. The first-order chi connectivity index (χ1) is 12.3. The van der Waals surface area contributed by atoms with Crippen LogP contribution in [0.4, 0.5) is 0 Å². The lowest BCUT2D eigenvalue weighted by molar-refractivity contribution is 0.0882. The quantitative estimate of drug-likeness (QED) is 0.875. The third-order valence-electron chi connectivity index (χ3n) is 5.24. The Balaban J connectivity index is 1.52. The molecule has 7 nitrogen and oxygen atoms in total. The summed E-state index contributed by atoms with van der Waals surface area (Å²) in [7, 11) is -3.23. The zero-order chi connectivity index (χ0) is 18.5. The van der Waals surface area contributed by atoms with E-state index in [0.29, 0.717) is 23.8 Å². The van der Waals surface area contributed by atoms with Gasteiger partial charge in [0, 0.05) is 24.2 Å². The number of sulfonamides is 1. The van der Waals surface area contributed by atoms with Gasteiger partial charge in [-0.15, -0.1) is 0 Å². The Hall–Kier alpha value is -2.19. The number of benzene rings is 1. The van der Waals surface area contributed by atoms with Crippen molar-refractivity contribution in [2.24, 2.45) is 0 Å². The van der Waals surface area contributed by atoms with Gasteiger partial charge in [-0.1, -0.05) is 12.1 Å². The van der Waals surface area contributed by atoms with Crippen LogP contribution in [0.3, 0.4) is 0 Å². The topological polar surface area (TPSA) is 96.7 Å². The maximum atomic E-state index is 12.5. The predicted molar refractivity (Wildman–Crippen MR) is 96.5 cm³/mol. The number of rotatable bonds is 3. The molecule has 1 N–H and O–H groups in total. The SMILES string of the molecule is CS(=O)(=O)N1C2CCC1CC(NC(=O)c1cc(=O)c3ccccc3o1)C2. The Morgan fingerprint density at radius 1 is 1.19 bits per heavy atom. The molecule has 138 valence electrons. The summed E-state index contributed by atoms with van der Waals surface area (Å²) in [6, 6.07) is 7.72. The van der Waals surface area contributed by atoms with Crippen LogP contribution in [0.2, 0.25) is 0 Å². The molecule has 2 unspecified atom stereocenters. The van der Waals surface area contributed by atoms with Crippen LogP contribution in [0.15, 0.2) is 39.5 Å². The van der Waals surface area contributed by atoms with Crippen LogP contribution in [-0.4, -0.2) is 43.0 Å². The van der Waals surface area contributed by atoms with Gasteiger partial charge in [-0.05, 0) is 37.8 Å². The number of carbonyl (C=O) groups excluding carboxylic acids is 1. The highest BCUT2D eigenvalue weighted by Gasteiger charge is 2.45. The van der Waals surface area contributed by atoms with Gasteiger partial charge in [0.25, 0.3) is 5.91 Å². The molecular weight excluding hydrogens is 356 g/mol. The molecule has 2 fully saturated rings. The fraction of sp³-hybridized carbons (Fsp3) is 0.444. The minimum atomic E-state index is -3.23. The number of carbonyl (C=O) groups is 1. The number of piperidine rings is 1. The van der Waals surface area contributed by atoms with Gasteiger partial charge in [0.15, 0.2) is 11.2 Å². The Morgan fingerprint density at radius 2 is 1.85 bits per heavy atom. The van der Waals surface area contributed by atoms with Crippen LogP contribution >= 0.6 is 0 Å². The van der Waals surface area contributed by atoms with Gasteiger partial charge in [-0.2, -0.15) is 4.31 Å². The Labute approximate surface area is 151 Å². The molecule has 2 atom stereocenters. The van der Waals surface area contributed by atoms with Crippen molar-refractivity contribution in [3.05, 3.63) is 46.3 Å². The van der Waals surface area contributed by atoms with Gasteiger partial charge >= 0.3 is 0 Å². The molecule has 4 rings (SSSR count). The second-order valence-electron chi connectivity index (χ2n) is 7.09. The largest absolute Gasteiger partial charge is 0.451 e. The highest BCUT2D eigenvalue weighted by Crippen LogP contribution is 2.37. The first kappa shape index (κ1) is 17.2. The van der Waals surface area contributed by atoms with E-state index in [1.807, 2.05) is 0 Å². The van der Waals surface area contributed by atoms with Crippen LogP contribution in [0, 0.1) is 0 Å². The highest BCUT2D eigenvalue weighted by molar-refractivity contribution is 7.88. The second-order valence-corrected chi connectivity index (χ2v) is 8.98. The van der Waals surface area contributed by atoms with Crippen LogP contribution in [0.1, 0.15) is 36.2 Å². The van der Waals surface area contributed by atoms with Gasteiger partial charge in [0.2, 0.25) is 10.0 Å². The minimum absolute atomic E-state index is 0.0217. The minimum Gasteiger partial charge on any atom is -0.451 e. The summed E-state index contributed by atoms with van der Waals surface area (Å²) in [6.07, 6.45) is 4.02. The van der Waals surface area contributed by atoms with E-state index >= 15 is 0 Å². The average molecular weight is 376 g/mol. The molecule has 0 spiro atoms. The van der Waals surface area contributed by atoms with Crippen molar-refractivity contribution in [1.82, 2.24) is 9.62 Å². The molecule has 1 aromatic heterocycles. The molecule has 2 aliphatic heterocycles. The van der Waals surface area contributed by atoms with E-state index < -0.39 is 15.9 Å². The molecule has 3 heterocycles. The number of hydrogen-bond acceptors (Lipinski definition) is 5. The lowest BCUT2D eigenvalue weighted by Crippen LogP contribution is -2.52. The van der Waals surface area contributed by atoms with Gasteiger partial charge in [0.1, 0.15) is 5.58 Å². The van der Waals surface area contributed by atoms with Crippen molar-refractivity contribution >= 4 is 26.9 Å². The van der Waals surface area contributed by atoms with Crippen molar-refractivity contribution in [3.8, 4) is 0 Å². The summed E-state index contributed by atoms with van der Waals surface area (Å²) < 4.78 is 31.1. The summed E-state index contributed by atoms with van der Waals surface area (Å²) in [6.45, 7) is 0. The van der Waals surface area contributed by atoms with Gasteiger partial charge in [0.05, 0.1) is 11.6 Å². The van der Waals surface area contributed by atoms with Crippen molar-refractivity contribution in [1.29, 1.82) is 0 Å². The molecule has 2 aliphatic rings. The Morgan fingerprint density at radius 3 is 2.50 bits per heavy atom. The Bertz CT molecular complexity index is 1020. The molecule has 8 heteroatoms. The maximum Gasteiger partial charge on any atom is 0.287 e. The normalized spacial score (nSPS) is 26.1. The molecule has 0 aliphatic carbocycles. The zero-order valence-electron chi connectivity index (χ0n) is 14.3. The molecule has 1 amide bonds. The Kier molecular flexibility index (Phi) is 4.11. The standard InChI is InChI=1S/C18H20N2O5S/c1-26(23,24)20-12-6-7-13(20)9-11(8-12)19-18(22)17-10-15(21)14-4-2-3-5-16(14)25-17/h2-5,10-13H,6-9H2,1H3,(H,19,22). The summed E-state index contributed by atoms with van der Waals surface area (Å²) in [4.78, 5) is 24.7. The summed E-state index contributed by atoms with van der Waals surface area (Å²) in [5, 5.41) is 3.34. The van der Waals surface area contributed by atoms with Crippen molar-refractivity contribution in [2.75, 3.05) is 6.26 Å². The third kappa shape index (κ3) is 3.03. The zero-order valence-corrected chi connectivity index (χ0v) is 15.2. The van der Waals surface area contributed by atoms with Crippen LogP contribution in [-0.2, 0) is 10.0 Å². The number of amides is 1. The van der Waals surface area contributed by atoms with Gasteiger partial charge in [-0.25, -0.2) is 8.42 Å². The van der Waals surface area contributed by atoms with E-state index in [-0.39, 0.29) is 29.3 Å². The number of fused-ring (bicyclic) bond motifs is 3. The second kappa shape index (κ2) is 6.21. The molecule has 1 aromatic carbocycles. The fourth-order valence-corrected chi connectivity index (χ4v) is 5.73. The molecule has 26 heavy (non-hydrogen) atoms. The fourth-order valence-electron chi connectivity index (χ4n) is 4.27. The number of para-hydroxylation sites is 1. The average Bonchev–Trinajstić information content (AvgIpc) is 2.87. The molecule has 2 bridgehead atoms. The van der Waals surface area contributed by atoms with E-state index in [0.717, 1.165) is 12.8 Å². The van der Waals surface area contributed by atoms with Crippen molar-refractivity contribution in [3.63, 3.8) is 0 Å². The summed E-state index contributed by atoms with van der Waals surface area (Å²) in [5.41, 5.74) is 0.112. The van der Waals surface area contributed by atoms with E-state index in [1.165, 1.54) is 12.3 Å². The first-order valence-electron chi connectivity index (χ1n) is 8.65. The van der Waals surface area contributed by atoms with E-state index in [4.69, 9.17) is 4.42 Å². The van der Waals surface area contributed by atoms with E-state index in [1.54, 1.807) is 28.6 Å². The molecule has 2 aromatic rings. The van der Waals surface area contributed by atoms with Gasteiger partial charge < -0.3 is 9.73 Å². The smallest absolute Gasteiger partial charge is 0.287 e.